The predicted molar refractivity (Wildman–Crippen MR) is 173 cm³/mol. The highest BCUT2D eigenvalue weighted by Gasteiger charge is 2.23. The van der Waals surface area contributed by atoms with Gasteiger partial charge in [-0.2, -0.15) is 0 Å². The summed E-state index contributed by atoms with van der Waals surface area (Å²) in [4.78, 5) is 35.2. The molecule has 0 aliphatic carbocycles. The number of amides is 2. The van der Waals surface area contributed by atoms with Gasteiger partial charge in [-0.05, 0) is 52.8 Å². The summed E-state index contributed by atoms with van der Waals surface area (Å²) in [5, 5.41) is 6.58. The standard InChI is InChI=1S/C30H31N7O5S2/c1-30(2,3)20-14-22(26(42-4)23(15-20)36-44(5,40)41)34-29(39)24-13-18-7-6-8-21(27(18)43-24)33-28(38)19-9-10-25(32-16-19)35-37-12-11-31-17-37/h6-17,36H,1-5H3,(H,32,35)(H,33,38)(H,34,39). The molecule has 3 aromatic heterocycles. The van der Waals surface area contributed by atoms with Crippen LogP contribution in [0.3, 0.4) is 0 Å². The maximum atomic E-state index is 13.5. The largest absolute Gasteiger partial charge is 0.492 e. The number of hydrogen-bond acceptors (Lipinski definition) is 9. The van der Waals surface area contributed by atoms with Crippen molar-refractivity contribution in [3.05, 3.63) is 89.5 Å². The molecule has 14 heteroatoms. The Labute approximate surface area is 258 Å². The van der Waals surface area contributed by atoms with Gasteiger partial charge in [0.25, 0.3) is 11.8 Å². The Hall–Kier alpha value is -4.95. The van der Waals surface area contributed by atoms with E-state index in [9.17, 15) is 18.0 Å². The molecule has 44 heavy (non-hydrogen) atoms. The first-order chi connectivity index (χ1) is 20.8. The number of nitrogens with zero attached hydrogens (tertiary/aromatic N) is 3. The maximum absolute atomic E-state index is 13.5. The molecular formula is C30H31N7O5S2. The van der Waals surface area contributed by atoms with Crippen LogP contribution in [0.1, 0.15) is 46.4 Å². The molecule has 5 aromatic rings. The number of nitrogens with one attached hydrogen (secondary N) is 4. The van der Waals surface area contributed by atoms with Gasteiger partial charge in [-0.25, -0.2) is 23.1 Å². The van der Waals surface area contributed by atoms with E-state index in [0.717, 1.165) is 17.2 Å². The summed E-state index contributed by atoms with van der Waals surface area (Å²) in [5.41, 5.74) is 4.91. The fourth-order valence-corrected chi connectivity index (χ4v) is 5.93. The SMILES string of the molecule is COc1c(NC(=O)c2cc3cccc(NC(=O)c4ccc(Nn5ccnc5)nc4)c3s2)cc(C(C)(C)C)cc1NS(C)(=O)=O. The lowest BCUT2D eigenvalue weighted by atomic mass is 9.86. The number of sulfonamides is 1. The number of carbonyl (C=O) groups excluding carboxylic acids is 2. The van der Waals surface area contributed by atoms with Gasteiger partial charge < -0.3 is 15.4 Å². The summed E-state index contributed by atoms with van der Waals surface area (Å²) in [7, 11) is -2.21. The molecule has 0 spiro atoms. The number of rotatable bonds is 9. The summed E-state index contributed by atoms with van der Waals surface area (Å²) in [6.45, 7) is 5.94. The van der Waals surface area contributed by atoms with Gasteiger partial charge in [-0.15, -0.1) is 11.3 Å². The Kier molecular flexibility index (Phi) is 8.30. The predicted octanol–water partition coefficient (Wildman–Crippen LogP) is 5.55. The smallest absolute Gasteiger partial charge is 0.265 e. The van der Waals surface area contributed by atoms with E-state index in [0.29, 0.717) is 32.3 Å². The van der Waals surface area contributed by atoms with Crippen LogP contribution in [0.15, 0.2) is 73.4 Å². The van der Waals surface area contributed by atoms with Gasteiger partial charge in [-0.3, -0.25) is 19.7 Å². The lowest BCUT2D eigenvalue weighted by Crippen LogP contribution is -2.18. The van der Waals surface area contributed by atoms with Crippen LogP contribution >= 0.6 is 11.3 Å². The fraction of sp³-hybridized carbons (Fsp3) is 0.200. The van der Waals surface area contributed by atoms with Crippen LogP contribution in [0, 0.1) is 0 Å². The zero-order valence-electron chi connectivity index (χ0n) is 24.6. The van der Waals surface area contributed by atoms with Gasteiger partial charge >= 0.3 is 0 Å². The van der Waals surface area contributed by atoms with Crippen molar-refractivity contribution in [2.24, 2.45) is 0 Å². The summed E-state index contributed by atoms with van der Waals surface area (Å²) in [5.74, 6) is -0.0401. The number of carbonyl (C=O) groups is 2. The Morgan fingerprint density at radius 1 is 0.977 bits per heavy atom. The third-order valence-corrected chi connectivity index (χ3v) is 8.27. The molecular weight excluding hydrogens is 603 g/mol. The molecule has 4 N–H and O–H groups in total. The van der Waals surface area contributed by atoms with Crippen molar-refractivity contribution in [1.82, 2.24) is 14.6 Å². The normalized spacial score (nSPS) is 11.7. The second-order valence-corrected chi connectivity index (χ2v) is 13.8. The van der Waals surface area contributed by atoms with Crippen LogP contribution in [0.25, 0.3) is 10.1 Å². The molecule has 0 unspecified atom stereocenters. The topological polar surface area (TPSA) is 156 Å². The second kappa shape index (κ2) is 12.0. The quantitative estimate of drug-likeness (QED) is 0.165. The number of fused-ring (bicyclic) bond motifs is 1. The molecule has 2 amide bonds. The number of methoxy groups -OCH3 is 1. The number of aromatic nitrogens is 3. The van der Waals surface area contributed by atoms with E-state index in [1.165, 1.54) is 24.6 Å². The van der Waals surface area contributed by atoms with E-state index in [1.807, 2.05) is 26.8 Å². The Balaban J connectivity index is 1.39. The molecule has 0 bridgehead atoms. The molecule has 2 aromatic carbocycles. The lowest BCUT2D eigenvalue weighted by Gasteiger charge is -2.23. The van der Waals surface area contributed by atoms with Crippen LogP contribution in [0.5, 0.6) is 5.75 Å². The number of imidazole rings is 1. The minimum absolute atomic E-state index is 0.186. The molecule has 3 heterocycles. The van der Waals surface area contributed by atoms with Gasteiger partial charge in [-0.1, -0.05) is 32.9 Å². The van der Waals surface area contributed by atoms with E-state index in [1.54, 1.807) is 65.9 Å². The maximum Gasteiger partial charge on any atom is 0.265 e. The molecule has 228 valence electrons. The number of anilines is 4. The third-order valence-electron chi connectivity index (χ3n) is 6.49. The summed E-state index contributed by atoms with van der Waals surface area (Å²) in [6.07, 6.45) is 7.46. The zero-order valence-corrected chi connectivity index (χ0v) is 26.3. The average Bonchev–Trinajstić information content (AvgIpc) is 3.63. The van der Waals surface area contributed by atoms with Crippen molar-refractivity contribution in [2.45, 2.75) is 26.2 Å². The Bertz CT molecular complexity index is 1950. The van der Waals surface area contributed by atoms with E-state index in [2.05, 4.69) is 30.7 Å². The molecule has 0 fully saturated rings. The van der Waals surface area contributed by atoms with Crippen LogP contribution in [0.4, 0.5) is 22.9 Å². The second-order valence-electron chi connectivity index (χ2n) is 11.0. The van der Waals surface area contributed by atoms with Crippen LogP contribution < -0.4 is 25.5 Å². The number of pyridine rings is 1. The van der Waals surface area contributed by atoms with Gasteiger partial charge in [0.05, 0.1) is 45.6 Å². The first-order valence-corrected chi connectivity index (χ1v) is 16.1. The fourth-order valence-electron chi connectivity index (χ4n) is 4.35. The first kappa shape index (κ1) is 30.5. The van der Waals surface area contributed by atoms with Crippen LogP contribution in [-0.2, 0) is 15.4 Å². The summed E-state index contributed by atoms with van der Waals surface area (Å²) >= 11 is 1.22. The number of benzene rings is 2. The summed E-state index contributed by atoms with van der Waals surface area (Å²) in [6, 6.07) is 14.0. The summed E-state index contributed by atoms with van der Waals surface area (Å²) < 4.78 is 34.5. The van der Waals surface area contributed by atoms with E-state index in [4.69, 9.17) is 4.74 Å². The highest BCUT2D eigenvalue weighted by molar-refractivity contribution is 7.92. The van der Waals surface area contributed by atoms with Gasteiger partial charge in [0.15, 0.2) is 5.75 Å². The third kappa shape index (κ3) is 6.98. The number of ether oxygens (including phenoxy) is 1. The van der Waals surface area contributed by atoms with E-state index in [-0.39, 0.29) is 22.8 Å². The molecule has 0 aliphatic rings. The van der Waals surface area contributed by atoms with Crippen molar-refractivity contribution >= 4 is 66.1 Å². The zero-order chi connectivity index (χ0) is 31.6. The molecule has 0 saturated heterocycles. The Morgan fingerprint density at radius 3 is 2.36 bits per heavy atom. The average molecular weight is 634 g/mol. The molecule has 0 saturated carbocycles. The van der Waals surface area contributed by atoms with Gasteiger partial charge in [0.2, 0.25) is 10.0 Å². The van der Waals surface area contributed by atoms with Crippen LogP contribution in [-0.4, -0.2) is 48.2 Å². The van der Waals surface area contributed by atoms with Crippen molar-refractivity contribution < 1.29 is 22.7 Å². The molecule has 5 rings (SSSR count). The minimum atomic E-state index is -3.62. The molecule has 0 atom stereocenters. The van der Waals surface area contributed by atoms with Gasteiger partial charge in [0.1, 0.15) is 12.1 Å². The monoisotopic (exact) mass is 633 g/mol. The molecule has 0 radical (unpaired) electrons. The highest BCUT2D eigenvalue weighted by atomic mass is 32.2. The molecule has 12 nitrogen and oxygen atoms in total. The van der Waals surface area contributed by atoms with Crippen molar-refractivity contribution in [2.75, 3.05) is 34.1 Å². The number of thiophene rings is 1. The Morgan fingerprint density at radius 2 is 1.73 bits per heavy atom. The van der Waals surface area contributed by atoms with E-state index < -0.39 is 15.9 Å². The first-order valence-electron chi connectivity index (χ1n) is 13.4. The van der Waals surface area contributed by atoms with E-state index >= 15 is 0 Å². The lowest BCUT2D eigenvalue weighted by molar-refractivity contribution is 0.102. The highest BCUT2D eigenvalue weighted by Crippen LogP contribution is 2.40. The van der Waals surface area contributed by atoms with Gasteiger partial charge in [0, 0.05) is 18.6 Å². The van der Waals surface area contributed by atoms with Crippen molar-refractivity contribution in [1.29, 1.82) is 0 Å². The van der Waals surface area contributed by atoms with Crippen LogP contribution in [0.2, 0.25) is 0 Å². The van der Waals surface area contributed by atoms with Crippen molar-refractivity contribution in [3.63, 3.8) is 0 Å². The number of hydrogen-bond donors (Lipinski definition) is 4. The minimum Gasteiger partial charge on any atom is -0.492 e. The van der Waals surface area contributed by atoms with Crippen molar-refractivity contribution in [3.8, 4) is 5.75 Å². The molecule has 0 aliphatic heterocycles.